The highest BCUT2D eigenvalue weighted by Gasteiger charge is 2.59. The van der Waals surface area contributed by atoms with Crippen LogP contribution in [-0.2, 0) is 4.74 Å². The van der Waals surface area contributed by atoms with Gasteiger partial charge in [0.05, 0.1) is 0 Å². The fourth-order valence-corrected chi connectivity index (χ4v) is 11.0. The third kappa shape index (κ3) is 7.89. The lowest BCUT2D eigenvalue weighted by atomic mass is 9.47. The number of ether oxygens (including phenoxy) is 1. The van der Waals surface area contributed by atoms with E-state index in [-0.39, 0.29) is 17.6 Å². The first kappa shape index (κ1) is 35.8. The first-order valence-corrected chi connectivity index (χ1v) is 19.1. The highest BCUT2D eigenvalue weighted by molar-refractivity contribution is 5.67. The zero-order chi connectivity index (χ0) is 31.9. The van der Waals surface area contributed by atoms with Crippen LogP contribution >= 0.6 is 0 Å². The fourth-order valence-electron chi connectivity index (χ4n) is 11.0. The second-order valence-electron chi connectivity index (χ2n) is 16.5. The van der Waals surface area contributed by atoms with Crippen LogP contribution in [0.4, 0.5) is 4.79 Å². The summed E-state index contributed by atoms with van der Waals surface area (Å²) in [5.41, 5.74) is 13.9. The summed E-state index contributed by atoms with van der Waals surface area (Å²) in [6, 6.07) is 0. The van der Waals surface area contributed by atoms with Crippen LogP contribution in [0, 0.1) is 52.3 Å². The van der Waals surface area contributed by atoms with Crippen molar-refractivity contribution >= 4 is 6.09 Å². The molecule has 0 aromatic rings. The van der Waals surface area contributed by atoms with E-state index in [2.05, 4.69) is 47.6 Å². The van der Waals surface area contributed by atoms with E-state index in [9.17, 15) is 4.79 Å². The normalized spacial score (nSPS) is 34.5. The molecular formula is C39H71N3O2. The van der Waals surface area contributed by atoms with Crippen molar-refractivity contribution in [1.29, 1.82) is 0 Å². The number of hydrogen-bond donors (Lipinski definition) is 2. The van der Waals surface area contributed by atoms with Gasteiger partial charge < -0.3 is 21.1 Å². The second-order valence-corrected chi connectivity index (χ2v) is 16.5. The fraction of sp³-hybridized carbons (Fsp3) is 0.923. The Balaban J connectivity index is 1.36. The van der Waals surface area contributed by atoms with E-state index in [4.69, 9.17) is 16.2 Å². The van der Waals surface area contributed by atoms with Crippen molar-refractivity contribution in [1.82, 2.24) is 4.90 Å². The van der Waals surface area contributed by atoms with Crippen LogP contribution in [0.15, 0.2) is 11.6 Å². The van der Waals surface area contributed by atoms with Crippen molar-refractivity contribution in [2.24, 2.45) is 63.7 Å². The topological polar surface area (TPSA) is 81.6 Å². The molecule has 44 heavy (non-hydrogen) atoms. The average molecular weight is 614 g/mol. The molecule has 4 rings (SSSR count). The molecule has 4 N–H and O–H groups in total. The van der Waals surface area contributed by atoms with Crippen LogP contribution in [0.2, 0.25) is 0 Å². The van der Waals surface area contributed by atoms with Gasteiger partial charge >= 0.3 is 6.09 Å². The lowest BCUT2D eigenvalue weighted by Crippen LogP contribution is -2.51. The van der Waals surface area contributed by atoms with Crippen LogP contribution in [0.3, 0.4) is 0 Å². The number of nitrogens with zero attached hydrogens (tertiary/aromatic N) is 1. The minimum Gasteiger partial charge on any atom is -0.446 e. The Morgan fingerprint density at radius 1 is 0.932 bits per heavy atom. The van der Waals surface area contributed by atoms with Crippen molar-refractivity contribution in [2.75, 3.05) is 26.2 Å². The summed E-state index contributed by atoms with van der Waals surface area (Å²) in [6.07, 6.45) is 21.8. The number of fused-ring (bicyclic) bond motifs is 5. The van der Waals surface area contributed by atoms with E-state index < -0.39 is 0 Å². The number of hydrogen-bond acceptors (Lipinski definition) is 4. The zero-order valence-electron chi connectivity index (χ0n) is 29.8. The molecule has 9 atom stereocenters. The smallest absolute Gasteiger partial charge is 0.410 e. The Hall–Kier alpha value is -1.07. The SMILES string of the molecule is CC[C@H](CC[C@@H](C)[C@H]1CC[C@H]2[C@@H]3CC=C4C[C@@H](OC(=O)N(CCCN)CCCCCCN)CC[C@]4(C)[C@H]3CC[C@]12C)C(C)C. The number of rotatable bonds is 16. The van der Waals surface area contributed by atoms with E-state index in [0.717, 1.165) is 106 Å². The Kier molecular flexibility index (Phi) is 13.1. The highest BCUT2D eigenvalue weighted by Crippen LogP contribution is 2.67. The van der Waals surface area contributed by atoms with E-state index in [1.807, 2.05) is 4.90 Å². The van der Waals surface area contributed by atoms with Crippen molar-refractivity contribution in [2.45, 2.75) is 150 Å². The standard InChI is InChI=1S/C39H71N3O2/c1-7-30(28(2)3)14-13-29(4)34-17-18-35-33-16-15-31-27-32(19-21-38(31,5)36(33)20-22-39(34,35)6)44-37(43)42(26-12-24-41)25-11-9-8-10-23-40/h15,28-30,32-36H,7-14,16-27,40-41H2,1-6H3/t29-,30-,32+,33+,34-,35+,36+,38+,39-/m1/s1. The molecule has 0 aromatic heterocycles. The minimum atomic E-state index is -0.127. The molecule has 3 saturated carbocycles. The molecule has 3 fully saturated rings. The number of allylic oxidation sites excluding steroid dienone is 1. The monoisotopic (exact) mass is 614 g/mol. The number of nitrogens with two attached hydrogens (primary N) is 2. The quantitative estimate of drug-likeness (QED) is 0.134. The molecule has 0 saturated heterocycles. The van der Waals surface area contributed by atoms with Gasteiger partial charge in [-0.05, 0) is 136 Å². The van der Waals surface area contributed by atoms with Crippen molar-refractivity contribution in [3.8, 4) is 0 Å². The molecule has 0 spiro atoms. The van der Waals surface area contributed by atoms with Crippen LogP contribution < -0.4 is 11.5 Å². The summed E-state index contributed by atoms with van der Waals surface area (Å²) in [5, 5.41) is 0. The Bertz CT molecular complexity index is 934. The van der Waals surface area contributed by atoms with E-state index >= 15 is 0 Å². The Morgan fingerprint density at radius 2 is 1.66 bits per heavy atom. The van der Waals surface area contributed by atoms with Crippen LogP contribution in [0.25, 0.3) is 0 Å². The van der Waals surface area contributed by atoms with Gasteiger partial charge in [-0.25, -0.2) is 4.79 Å². The third-order valence-corrected chi connectivity index (χ3v) is 13.8. The van der Waals surface area contributed by atoms with E-state index in [1.165, 1.54) is 51.4 Å². The van der Waals surface area contributed by atoms with Gasteiger partial charge in [-0.15, -0.1) is 0 Å². The van der Waals surface area contributed by atoms with Gasteiger partial charge in [-0.3, -0.25) is 0 Å². The number of unbranched alkanes of at least 4 members (excludes halogenated alkanes) is 3. The molecule has 0 heterocycles. The summed E-state index contributed by atoms with van der Waals surface area (Å²) in [7, 11) is 0. The summed E-state index contributed by atoms with van der Waals surface area (Å²) in [5.74, 6) is 5.95. The molecule has 0 bridgehead atoms. The summed E-state index contributed by atoms with van der Waals surface area (Å²) >= 11 is 0. The van der Waals surface area contributed by atoms with E-state index in [1.54, 1.807) is 5.57 Å². The van der Waals surface area contributed by atoms with Gasteiger partial charge in [0, 0.05) is 19.5 Å². The maximum Gasteiger partial charge on any atom is 0.410 e. The van der Waals surface area contributed by atoms with Crippen LogP contribution in [0.1, 0.15) is 144 Å². The second kappa shape index (κ2) is 16.2. The largest absolute Gasteiger partial charge is 0.446 e. The van der Waals surface area contributed by atoms with Crippen LogP contribution in [0.5, 0.6) is 0 Å². The maximum atomic E-state index is 13.3. The van der Waals surface area contributed by atoms with Gasteiger partial charge in [0.1, 0.15) is 6.10 Å². The van der Waals surface area contributed by atoms with E-state index in [0.29, 0.717) is 18.5 Å². The molecule has 0 unspecified atom stereocenters. The third-order valence-electron chi connectivity index (χ3n) is 13.8. The van der Waals surface area contributed by atoms with Gasteiger partial charge in [0.2, 0.25) is 0 Å². The summed E-state index contributed by atoms with van der Waals surface area (Å²) in [4.78, 5) is 15.2. The van der Waals surface area contributed by atoms with Crippen molar-refractivity contribution < 1.29 is 9.53 Å². The maximum absolute atomic E-state index is 13.3. The highest BCUT2D eigenvalue weighted by atomic mass is 16.6. The first-order valence-electron chi connectivity index (χ1n) is 19.1. The van der Waals surface area contributed by atoms with Crippen LogP contribution in [-0.4, -0.2) is 43.3 Å². The van der Waals surface area contributed by atoms with Gasteiger partial charge in [0.15, 0.2) is 0 Å². The number of amides is 1. The lowest BCUT2D eigenvalue weighted by molar-refractivity contribution is -0.0595. The zero-order valence-corrected chi connectivity index (χ0v) is 29.8. The predicted molar refractivity (Wildman–Crippen MR) is 185 cm³/mol. The van der Waals surface area contributed by atoms with Crippen molar-refractivity contribution in [3.05, 3.63) is 11.6 Å². The summed E-state index contributed by atoms with van der Waals surface area (Å²) < 4.78 is 6.23. The molecule has 1 amide bonds. The number of carbonyl (C=O) groups is 1. The molecule has 5 nitrogen and oxygen atoms in total. The van der Waals surface area contributed by atoms with Gasteiger partial charge in [-0.2, -0.15) is 0 Å². The summed E-state index contributed by atoms with van der Waals surface area (Å²) in [6.45, 7) is 17.9. The molecule has 0 aliphatic heterocycles. The molecule has 4 aliphatic carbocycles. The van der Waals surface area contributed by atoms with Gasteiger partial charge in [0.25, 0.3) is 0 Å². The minimum absolute atomic E-state index is 0.0133. The first-order chi connectivity index (χ1) is 21.1. The molecular weight excluding hydrogens is 542 g/mol. The molecule has 254 valence electrons. The molecule has 0 aromatic carbocycles. The Morgan fingerprint density at radius 3 is 2.36 bits per heavy atom. The van der Waals surface area contributed by atoms with Gasteiger partial charge in [-0.1, -0.05) is 78.9 Å². The molecule has 5 heteroatoms. The average Bonchev–Trinajstić information content (AvgIpc) is 3.36. The van der Waals surface area contributed by atoms with Crippen molar-refractivity contribution in [3.63, 3.8) is 0 Å². The number of carbonyl (C=O) groups excluding carboxylic acids is 1. The Labute approximate surface area is 272 Å². The molecule has 4 aliphatic rings. The predicted octanol–water partition coefficient (Wildman–Crippen LogP) is 9.34. The lowest BCUT2D eigenvalue weighted by Gasteiger charge is -2.58. The molecule has 0 radical (unpaired) electrons.